The Labute approximate surface area is 178 Å². The molecule has 162 valence electrons. The number of nitrogens with zero attached hydrogens (tertiary/aromatic N) is 3. The van der Waals surface area contributed by atoms with Crippen molar-refractivity contribution in [2.45, 2.75) is 58.7 Å². The molecule has 1 amide bonds. The Kier molecular flexibility index (Phi) is 5.58. The molecule has 2 N–H and O–H groups in total. The first-order chi connectivity index (χ1) is 14.9. The van der Waals surface area contributed by atoms with Crippen molar-refractivity contribution < 1.29 is 9.53 Å². The number of amides is 1. The Morgan fingerprint density at radius 1 is 1.32 bits per heavy atom. The summed E-state index contributed by atoms with van der Waals surface area (Å²) in [4.78, 5) is 48.9. The molecule has 1 aliphatic rings. The summed E-state index contributed by atoms with van der Waals surface area (Å²) in [6.07, 6.45) is 3.63. The Hall–Kier alpha value is -3.49. The Bertz CT molecular complexity index is 1240. The van der Waals surface area contributed by atoms with Crippen LogP contribution < -0.4 is 21.3 Å². The highest BCUT2D eigenvalue weighted by Gasteiger charge is 2.28. The van der Waals surface area contributed by atoms with Gasteiger partial charge in [0, 0.05) is 37.0 Å². The number of aromatic amines is 1. The minimum atomic E-state index is -0.610. The number of nitrogens with one attached hydrogen (secondary N) is 2. The van der Waals surface area contributed by atoms with E-state index >= 15 is 0 Å². The number of pyridine rings is 2. The van der Waals surface area contributed by atoms with Gasteiger partial charge in [-0.25, -0.2) is 14.8 Å². The molecule has 3 aromatic rings. The standard InChI is InChI=1S/C22H25N5O4/c1-4-27-19-18(21(29)26-22(27)30)15(9-16(25-19)14-6-7-14)20(28)24-11-13-5-8-17(23-10-13)31-12(2)3/h5,8-10,12,14H,4,6-7,11H2,1-3H3,(H,24,28)(H,26,29,30). The van der Waals surface area contributed by atoms with E-state index in [4.69, 9.17) is 4.74 Å². The van der Waals surface area contributed by atoms with Gasteiger partial charge in [-0.2, -0.15) is 0 Å². The number of hydrogen-bond donors (Lipinski definition) is 2. The number of hydrogen-bond acceptors (Lipinski definition) is 6. The minimum absolute atomic E-state index is 0.0253. The van der Waals surface area contributed by atoms with Crippen LogP contribution in [0.2, 0.25) is 0 Å². The van der Waals surface area contributed by atoms with Crippen LogP contribution in [0.1, 0.15) is 61.1 Å². The molecule has 0 aromatic carbocycles. The molecule has 0 aliphatic heterocycles. The highest BCUT2D eigenvalue weighted by atomic mass is 16.5. The number of fused-ring (bicyclic) bond motifs is 1. The first kappa shape index (κ1) is 20.8. The molecule has 0 saturated heterocycles. The van der Waals surface area contributed by atoms with Gasteiger partial charge >= 0.3 is 5.69 Å². The summed E-state index contributed by atoms with van der Waals surface area (Å²) in [5.74, 6) is 0.375. The van der Waals surface area contributed by atoms with E-state index in [0.717, 1.165) is 24.1 Å². The smallest absolute Gasteiger partial charge is 0.329 e. The molecule has 3 aromatic heterocycles. The minimum Gasteiger partial charge on any atom is -0.475 e. The summed E-state index contributed by atoms with van der Waals surface area (Å²) in [5.41, 5.74) is 0.875. The lowest BCUT2D eigenvalue weighted by molar-refractivity contribution is 0.0952. The fraction of sp³-hybridized carbons (Fsp3) is 0.409. The predicted octanol–water partition coefficient (Wildman–Crippen LogP) is 2.09. The largest absolute Gasteiger partial charge is 0.475 e. The van der Waals surface area contributed by atoms with E-state index < -0.39 is 17.2 Å². The molecule has 31 heavy (non-hydrogen) atoms. The van der Waals surface area contributed by atoms with Crippen molar-refractivity contribution >= 4 is 16.9 Å². The molecular weight excluding hydrogens is 398 g/mol. The lowest BCUT2D eigenvalue weighted by Gasteiger charge is -2.13. The average molecular weight is 423 g/mol. The maximum Gasteiger partial charge on any atom is 0.329 e. The van der Waals surface area contributed by atoms with Crippen LogP contribution in [0.5, 0.6) is 5.88 Å². The van der Waals surface area contributed by atoms with Crippen LogP contribution in [-0.2, 0) is 13.1 Å². The second-order valence-electron chi connectivity index (χ2n) is 7.93. The highest BCUT2D eigenvalue weighted by Crippen LogP contribution is 2.39. The zero-order chi connectivity index (χ0) is 22.1. The van der Waals surface area contributed by atoms with Crippen LogP contribution in [-0.4, -0.2) is 31.5 Å². The summed E-state index contributed by atoms with van der Waals surface area (Å²) in [6.45, 7) is 6.21. The van der Waals surface area contributed by atoms with Gasteiger partial charge in [0.2, 0.25) is 5.88 Å². The predicted molar refractivity (Wildman–Crippen MR) is 115 cm³/mol. The molecule has 1 aliphatic carbocycles. The highest BCUT2D eigenvalue weighted by molar-refractivity contribution is 6.05. The van der Waals surface area contributed by atoms with Crippen LogP contribution in [0.4, 0.5) is 0 Å². The molecule has 9 heteroatoms. The Morgan fingerprint density at radius 2 is 2.10 bits per heavy atom. The fourth-order valence-electron chi connectivity index (χ4n) is 3.46. The first-order valence-corrected chi connectivity index (χ1v) is 10.4. The Morgan fingerprint density at radius 3 is 2.71 bits per heavy atom. The monoisotopic (exact) mass is 423 g/mol. The summed E-state index contributed by atoms with van der Waals surface area (Å²) in [5, 5.41) is 2.97. The molecule has 0 bridgehead atoms. The van der Waals surface area contributed by atoms with E-state index in [-0.39, 0.29) is 35.2 Å². The number of carbonyl (C=O) groups is 1. The number of rotatable bonds is 7. The van der Waals surface area contributed by atoms with E-state index in [1.165, 1.54) is 4.57 Å². The van der Waals surface area contributed by atoms with Crippen molar-refractivity contribution in [3.63, 3.8) is 0 Å². The van der Waals surface area contributed by atoms with Gasteiger partial charge in [0.05, 0.1) is 17.1 Å². The molecular formula is C22H25N5O4. The maximum absolute atomic E-state index is 13.1. The van der Waals surface area contributed by atoms with E-state index in [1.807, 2.05) is 19.9 Å². The number of aromatic nitrogens is 4. The second kappa shape index (κ2) is 8.33. The van der Waals surface area contributed by atoms with E-state index in [9.17, 15) is 14.4 Å². The molecule has 0 radical (unpaired) electrons. The van der Waals surface area contributed by atoms with Gasteiger partial charge < -0.3 is 10.1 Å². The molecule has 0 unspecified atom stereocenters. The molecule has 0 spiro atoms. The summed E-state index contributed by atoms with van der Waals surface area (Å²) >= 11 is 0. The fourth-order valence-corrected chi connectivity index (χ4v) is 3.46. The third-order valence-corrected chi connectivity index (χ3v) is 5.13. The topological polar surface area (TPSA) is 119 Å². The van der Waals surface area contributed by atoms with Gasteiger partial charge in [-0.3, -0.25) is 19.1 Å². The molecule has 3 heterocycles. The van der Waals surface area contributed by atoms with Gasteiger partial charge in [-0.15, -0.1) is 0 Å². The van der Waals surface area contributed by atoms with Gasteiger partial charge in [0.15, 0.2) is 5.65 Å². The van der Waals surface area contributed by atoms with Crippen molar-refractivity contribution in [2.24, 2.45) is 0 Å². The SMILES string of the molecule is CCn1c(=O)[nH]c(=O)c2c(C(=O)NCc3ccc(OC(C)C)nc3)cc(C3CC3)nc21. The van der Waals surface area contributed by atoms with Crippen molar-refractivity contribution in [3.8, 4) is 5.88 Å². The van der Waals surface area contributed by atoms with Gasteiger partial charge in [0.25, 0.3) is 11.5 Å². The van der Waals surface area contributed by atoms with Crippen LogP contribution in [0, 0.1) is 0 Å². The van der Waals surface area contributed by atoms with Crippen LogP contribution in [0.15, 0.2) is 34.0 Å². The van der Waals surface area contributed by atoms with Crippen LogP contribution in [0.25, 0.3) is 11.0 Å². The molecule has 0 atom stereocenters. The average Bonchev–Trinajstić information content (AvgIpc) is 3.57. The molecule has 9 nitrogen and oxygen atoms in total. The van der Waals surface area contributed by atoms with Gasteiger partial charge in [-0.1, -0.05) is 6.07 Å². The second-order valence-corrected chi connectivity index (χ2v) is 7.93. The van der Waals surface area contributed by atoms with Gasteiger partial charge in [0.1, 0.15) is 0 Å². The van der Waals surface area contributed by atoms with Crippen molar-refractivity contribution in [1.82, 2.24) is 24.8 Å². The van der Waals surface area contributed by atoms with Crippen molar-refractivity contribution in [1.29, 1.82) is 0 Å². The van der Waals surface area contributed by atoms with Crippen molar-refractivity contribution in [2.75, 3.05) is 0 Å². The quantitative estimate of drug-likeness (QED) is 0.601. The third kappa shape index (κ3) is 4.35. The Balaban J connectivity index is 1.66. The lowest BCUT2D eigenvalue weighted by Crippen LogP contribution is -2.33. The van der Waals surface area contributed by atoms with Crippen LogP contribution >= 0.6 is 0 Å². The van der Waals surface area contributed by atoms with E-state index in [0.29, 0.717) is 12.4 Å². The lowest BCUT2D eigenvalue weighted by atomic mass is 10.1. The molecule has 1 saturated carbocycles. The van der Waals surface area contributed by atoms with Crippen molar-refractivity contribution in [3.05, 3.63) is 62.1 Å². The van der Waals surface area contributed by atoms with E-state index in [2.05, 4.69) is 20.3 Å². The zero-order valence-electron chi connectivity index (χ0n) is 17.8. The normalized spacial score (nSPS) is 13.5. The van der Waals surface area contributed by atoms with Crippen LogP contribution in [0.3, 0.4) is 0 Å². The number of ether oxygens (including phenoxy) is 1. The summed E-state index contributed by atoms with van der Waals surface area (Å²) < 4.78 is 6.91. The third-order valence-electron chi connectivity index (χ3n) is 5.13. The van der Waals surface area contributed by atoms with E-state index in [1.54, 1.807) is 25.3 Å². The van der Waals surface area contributed by atoms with Gasteiger partial charge in [-0.05, 0) is 45.2 Å². The zero-order valence-corrected chi connectivity index (χ0v) is 17.8. The summed E-state index contributed by atoms with van der Waals surface area (Å²) in [7, 11) is 0. The number of carbonyl (C=O) groups excluding carboxylic acids is 1. The number of aryl methyl sites for hydroxylation is 1. The maximum atomic E-state index is 13.1. The summed E-state index contributed by atoms with van der Waals surface area (Å²) in [6, 6.07) is 5.25. The molecule has 1 fully saturated rings. The first-order valence-electron chi connectivity index (χ1n) is 10.4. The molecule has 4 rings (SSSR count). The number of H-pyrrole nitrogens is 1.